The molecule has 1 aliphatic heterocycles. The van der Waals surface area contributed by atoms with Crippen LogP contribution in [0.4, 0.5) is 5.82 Å². The van der Waals surface area contributed by atoms with E-state index in [1.54, 1.807) is 17.7 Å². The van der Waals surface area contributed by atoms with Crippen molar-refractivity contribution in [2.75, 3.05) is 32.5 Å². The molecule has 0 atom stereocenters. The molecule has 0 saturated carbocycles. The SMILES string of the molecule is CCc1nc2sc3c(NCCC[NH+](C)C)ncnc3c2c2c1COC(C)(C)C2. The molecule has 4 rings (SSSR count). The summed E-state index contributed by atoms with van der Waals surface area (Å²) in [7, 11) is 4.36. The molecule has 0 unspecified atom stereocenters. The summed E-state index contributed by atoms with van der Waals surface area (Å²) >= 11 is 1.71. The number of thiophene rings is 1. The Morgan fingerprint density at radius 2 is 2.07 bits per heavy atom. The van der Waals surface area contributed by atoms with E-state index in [1.807, 2.05) is 0 Å². The van der Waals surface area contributed by atoms with Crippen LogP contribution in [0.1, 0.15) is 44.0 Å². The Kier molecular flexibility index (Phi) is 5.24. The third kappa shape index (κ3) is 3.58. The van der Waals surface area contributed by atoms with Crippen LogP contribution in [0.3, 0.4) is 0 Å². The first kappa shape index (κ1) is 19.5. The topological polar surface area (TPSA) is 64.4 Å². The van der Waals surface area contributed by atoms with Crippen molar-refractivity contribution in [1.29, 1.82) is 0 Å². The van der Waals surface area contributed by atoms with E-state index in [2.05, 4.69) is 50.2 Å². The number of nitrogens with zero attached hydrogens (tertiary/aromatic N) is 3. The molecule has 3 aromatic heterocycles. The fourth-order valence-electron chi connectivity index (χ4n) is 3.94. The summed E-state index contributed by atoms with van der Waals surface area (Å²) in [4.78, 5) is 16.7. The summed E-state index contributed by atoms with van der Waals surface area (Å²) in [6, 6.07) is 0. The van der Waals surface area contributed by atoms with Gasteiger partial charge in [-0.1, -0.05) is 6.92 Å². The number of aryl methyl sites for hydroxylation is 1. The van der Waals surface area contributed by atoms with Crippen molar-refractivity contribution in [3.8, 4) is 0 Å². The van der Waals surface area contributed by atoms with Crippen LogP contribution >= 0.6 is 11.3 Å². The zero-order valence-electron chi connectivity index (χ0n) is 17.5. The third-order valence-electron chi connectivity index (χ3n) is 5.39. The maximum absolute atomic E-state index is 6.10. The van der Waals surface area contributed by atoms with Crippen molar-refractivity contribution >= 4 is 37.6 Å². The molecule has 3 aromatic rings. The molecule has 150 valence electrons. The average Bonchev–Trinajstić information content (AvgIpc) is 3.03. The summed E-state index contributed by atoms with van der Waals surface area (Å²) in [5.74, 6) is 0.930. The van der Waals surface area contributed by atoms with Crippen LogP contribution in [0, 0.1) is 0 Å². The third-order valence-corrected chi connectivity index (χ3v) is 6.47. The monoisotopic (exact) mass is 400 g/mol. The molecule has 1 aliphatic rings. The van der Waals surface area contributed by atoms with Gasteiger partial charge in [-0.3, -0.25) is 0 Å². The molecule has 0 saturated heterocycles. The standard InChI is InChI=1S/C21H29N5OS/c1-6-15-14-11-27-21(2,3)10-13(14)16-17-18(28-20(16)25-15)19(24-12-23-17)22-8-7-9-26(4)5/h12H,6-11H2,1-5H3,(H,22,23,24)/p+1. The number of aromatic nitrogens is 3. The Morgan fingerprint density at radius 1 is 1.25 bits per heavy atom. The number of ether oxygens (including phenoxy) is 1. The number of anilines is 1. The van der Waals surface area contributed by atoms with Gasteiger partial charge in [0.15, 0.2) is 0 Å². The number of nitrogens with one attached hydrogen (secondary N) is 2. The number of quaternary nitrogens is 1. The van der Waals surface area contributed by atoms with Gasteiger partial charge in [0.1, 0.15) is 17.0 Å². The molecular weight excluding hydrogens is 370 g/mol. The maximum atomic E-state index is 6.10. The van der Waals surface area contributed by atoms with Crippen LogP contribution < -0.4 is 10.2 Å². The first-order valence-electron chi connectivity index (χ1n) is 10.1. The molecular formula is C21H30N5OS+. The van der Waals surface area contributed by atoms with Crippen LogP contribution in [-0.2, 0) is 24.2 Å². The van der Waals surface area contributed by atoms with Crippen molar-refractivity contribution < 1.29 is 9.64 Å². The van der Waals surface area contributed by atoms with Gasteiger partial charge in [0.05, 0.1) is 43.1 Å². The maximum Gasteiger partial charge on any atom is 0.147 e. The largest absolute Gasteiger partial charge is 0.370 e. The van der Waals surface area contributed by atoms with E-state index < -0.39 is 0 Å². The molecule has 7 heteroatoms. The summed E-state index contributed by atoms with van der Waals surface area (Å²) < 4.78 is 7.21. The van der Waals surface area contributed by atoms with E-state index in [4.69, 9.17) is 9.72 Å². The minimum Gasteiger partial charge on any atom is -0.370 e. The van der Waals surface area contributed by atoms with Gasteiger partial charge < -0.3 is 15.0 Å². The lowest BCUT2D eigenvalue weighted by atomic mass is 9.89. The summed E-state index contributed by atoms with van der Waals surface area (Å²) in [6.45, 7) is 9.18. The summed E-state index contributed by atoms with van der Waals surface area (Å²) in [5.41, 5.74) is 4.64. The number of hydrogen-bond acceptors (Lipinski definition) is 6. The summed E-state index contributed by atoms with van der Waals surface area (Å²) in [6.07, 6.45) is 4.59. The highest BCUT2D eigenvalue weighted by Crippen LogP contribution is 2.42. The quantitative estimate of drug-likeness (QED) is 0.623. The molecule has 28 heavy (non-hydrogen) atoms. The number of rotatable bonds is 6. The van der Waals surface area contributed by atoms with Crippen LogP contribution in [0.5, 0.6) is 0 Å². The zero-order chi connectivity index (χ0) is 19.9. The van der Waals surface area contributed by atoms with Crippen molar-refractivity contribution in [3.63, 3.8) is 0 Å². The molecule has 6 nitrogen and oxygen atoms in total. The molecule has 0 radical (unpaired) electrons. The molecule has 0 fully saturated rings. The van der Waals surface area contributed by atoms with Gasteiger partial charge in [-0.2, -0.15) is 0 Å². The predicted octanol–water partition coefficient (Wildman–Crippen LogP) is 2.60. The lowest BCUT2D eigenvalue weighted by Gasteiger charge is -2.33. The highest BCUT2D eigenvalue weighted by Gasteiger charge is 2.31. The van der Waals surface area contributed by atoms with Crippen LogP contribution in [0.15, 0.2) is 6.33 Å². The van der Waals surface area contributed by atoms with Gasteiger partial charge >= 0.3 is 0 Å². The van der Waals surface area contributed by atoms with Crippen LogP contribution in [-0.4, -0.2) is 47.7 Å². The van der Waals surface area contributed by atoms with E-state index in [9.17, 15) is 0 Å². The molecule has 0 aromatic carbocycles. The second-order valence-electron chi connectivity index (χ2n) is 8.51. The Balaban J connectivity index is 1.81. The van der Waals surface area contributed by atoms with E-state index >= 15 is 0 Å². The van der Waals surface area contributed by atoms with Crippen LogP contribution in [0.2, 0.25) is 0 Å². The zero-order valence-corrected chi connectivity index (χ0v) is 18.3. The highest BCUT2D eigenvalue weighted by molar-refractivity contribution is 7.26. The van der Waals surface area contributed by atoms with E-state index in [-0.39, 0.29) is 5.60 Å². The lowest BCUT2D eigenvalue weighted by molar-refractivity contribution is -0.858. The van der Waals surface area contributed by atoms with E-state index in [0.29, 0.717) is 6.61 Å². The molecule has 0 aliphatic carbocycles. The highest BCUT2D eigenvalue weighted by atomic mass is 32.1. The number of fused-ring (bicyclic) bond motifs is 5. The smallest absolute Gasteiger partial charge is 0.147 e. The average molecular weight is 401 g/mol. The first-order valence-corrected chi connectivity index (χ1v) is 11.0. The van der Waals surface area contributed by atoms with Crippen molar-refractivity contribution in [3.05, 3.63) is 23.1 Å². The molecule has 0 spiro atoms. The van der Waals surface area contributed by atoms with Crippen molar-refractivity contribution in [2.24, 2.45) is 0 Å². The fourth-order valence-corrected chi connectivity index (χ4v) is 5.08. The lowest BCUT2D eigenvalue weighted by Crippen LogP contribution is -3.05. The molecule has 0 bridgehead atoms. The van der Waals surface area contributed by atoms with Crippen LogP contribution in [0.25, 0.3) is 20.4 Å². The molecule has 2 N–H and O–H groups in total. The van der Waals surface area contributed by atoms with Gasteiger partial charge in [-0.15, -0.1) is 11.3 Å². The minimum absolute atomic E-state index is 0.164. The second kappa shape index (κ2) is 7.54. The number of hydrogen-bond donors (Lipinski definition) is 2. The second-order valence-corrected chi connectivity index (χ2v) is 9.51. The van der Waals surface area contributed by atoms with Gasteiger partial charge in [0.2, 0.25) is 0 Å². The fraction of sp³-hybridized carbons (Fsp3) is 0.571. The minimum atomic E-state index is -0.164. The summed E-state index contributed by atoms with van der Waals surface area (Å²) in [5, 5.41) is 4.72. The molecule has 0 amide bonds. The Labute approximate surface area is 170 Å². The Morgan fingerprint density at radius 3 is 2.82 bits per heavy atom. The molecule has 4 heterocycles. The van der Waals surface area contributed by atoms with Crippen molar-refractivity contribution in [2.45, 2.75) is 52.2 Å². The van der Waals surface area contributed by atoms with Gasteiger partial charge in [-0.25, -0.2) is 15.0 Å². The Hall–Kier alpha value is -1.83. The first-order chi connectivity index (χ1) is 13.4. The predicted molar refractivity (Wildman–Crippen MR) is 115 cm³/mol. The Bertz CT molecular complexity index is 1010. The normalized spacial score (nSPS) is 16.1. The van der Waals surface area contributed by atoms with E-state index in [1.165, 1.54) is 21.4 Å². The number of pyridine rings is 1. The van der Waals surface area contributed by atoms with E-state index in [0.717, 1.165) is 58.9 Å². The van der Waals surface area contributed by atoms with Gasteiger partial charge in [-0.05, 0) is 25.8 Å². The van der Waals surface area contributed by atoms with Crippen molar-refractivity contribution in [1.82, 2.24) is 15.0 Å². The van der Waals surface area contributed by atoms with Gasteiger partial charge in [0, 0.05) is 36.0 Å². The van der Waals surface area contributed by atoms with Gasteiger partial charge in [0.25, 0.3) is 0 Å².